The molecule has 4 heterocycles. The molecule has 4 aliphatic heterocycles. The van der Waals surface area contributed by atoms with Gasteiger partial charge < -0.3 is 18.9 Å². The van der Waals surface area contributed by atoms with Gasteiger partial charge in [-0.25, -0.2) is 9.78 Å². The molecule has 4 saturated heterocycles. The van der Waals surface area contributed by atoms with Gasteiger partial charge in [-0.15, -0.1) is 0 Å². The molecule has 10 nitrogen and oxygen atoms in total. The van der Waals surface area contributed by atoms with Crippen LogP contribution in [-0.2, 0) is 33.5 Å². The Kier molecular flexibility index (Phi) is 6.84. The Hall–Kier alpha value is -2.11. The predicted octanol–water partition coefficient (Wildman–Crippen LogP) is 4.81. The molecule has 36 heavy (non-hydrogen) atoms. The van der Waals surface area contributed by atoms with Crippen molar-refractivity contribution >= 4 is 11.7 Å². The van der Waals surface area contributed by atoms with E-state index in [9.17, 15) is 14.9 Å². The zero-order valence-corrected chi connectivity index (χ0v) is 21.2. The lowest BCUT2D eigenvalue weighted by Crippen LogP contribution is -2.70. The van der Waals surface area contributed by atoms with Gasteiger partial charge in [0.15, 0.2) is 18.2 Å². The highest BCUT2D eigenvalue weighted by atomic mass is 17.3. The fraction of sp³-hybridized carbons (Fsp3) is 0.731. The van der Waals surface area contributed by atoms with E-state index in [2.05, 4.69) is 13.8 Å². The molecule has 0 aromatic heterocycles. The van der Waals surface area contributed by atoms with Crippen LogP contribution in [0, 0.1) is 33.8 Å². The summed E-state index contributed by atoms with van der Waals surface area (Å²) in [4.78, 5) is 35.2. The number of ether oxygens (including phenoxy) is 4. The lowest BCUT2D eigenvalue weighted by Gasteiger charge is -2.60. The predicted molar refractivity (Wildman–Crippen MR) is 125 cm³/mol. The molecule has 0 radical (unpaired) electrons. The number of hydrogen-bond donors (Lipinski definition) is 0. The number of non-ortho nitro benzene ring substituents is 1. The molecule has 5 aliphatic rings. The van der Waals surface area contributed by atoms with Crippen molar-refractivity contribution in [2.24, 2.45) is 23.7 Å². The van der Waals surface area contributed by atoms with Gasteiger partial charge in [0.2, 0.25) is 5.79 Å². The normalized spacial score (nSPS) is 40.1. The molecule has 1 unspecified atom stereocenters. The van der Waals surface area contributed by atoms with Crippen molar-refractivity contribution in [1.82, 2.24) is 0 Å². The summed E-state index contributed by atoms with van der Waals surface area (Å²) in [6.07, 6.45) is 1.53. The number of nitro benzene ring substituents is 1. The average Bonchev–Trinajstić information content (AvgIpc) is 3.08. The van der Waals surface area contributed by atoms with Crippen LogP contribution in [0.25, 0.3) is 0 Å². The first-order valence-corrected chi connectivity index (χ1v) is 12.9. The maximum absolute atomic E-state index is 12.4. The number of carbonyl (C=O) groups is 1. The van der Waals surface area contributed by atoms with Crippen LogP contribution in [0.15, 0.2) is 24.3 Å². The number of fused-ring (bicyclic) bond motifs is 2. The van der Waals surface area contributed by atoms with E-state index in [-0.39, 0.29) is 36.5 Å². The molecule has 6 rings (SSSR count). The molecule has 9 atom stereocenters. The van der Waals surface area contributed by atoms with E-state index in [1.54, 1.807) is 19.1 Å². The van der Waals surface area contributed by atoms with E-state index in [0.717, 1.165) is 19.3 Å². The molecule has 0 amide bonds. The summed E-state index contributed by atoms with van der Waals surface area (Å²) in [7, 11) is 0. The average molecular weight is 506 g/mol. The molecule has 1 spiro atoms. The summed E-state index contributed by atoms with van der Waals surface area (Å²) >= 11 is 0. The summed E-state index contributed by atoms with van der Waals surface area (Å²) in [6, 6.07) is 6.03. The van der Waals surface area contributed by atoms with Crippen molar-refractivity contribution in [3.63, 3.8) is 0 Å². The number of hydrogen-bond acceptors (Lipinski definition) is 9. The second kappa shape index (κ2) is 9.64. The van der Waals surface area contributed by atoms with E-state index >= 15 is 0 Å². The standard InChI is InChI=1S/C26H35NO9/c1-5-31-22(28)14-21(17-7-9-18(10-8-17)27(29)30)32-23-16(3)20-11-6-15(2)19-12-13-25(4)34-24(33-23)26(19,20)36-35-25/h7-10,15-16,19-21,23-24H,5-6,11-14H2,1-4H3/t15-,16-,19+,20?,21+,23+,24-,25+,26-/m1/s1. The number of esters is 1. The Morgan fingerprint density at radius 2 is 1.92 bits per heavy atom. The number of rotatable bonds is 7. The van der Waals surface area contributed by atoms with Gasteiger partial charge in [0.05, 0.1) is 24.1 Å². The molecule has 1 aromatic rings. The fourth-order valence-corrected chi connectivity index (χ4v) is 6.62. The Labute approximate surface area is 210 Å². The Morgan fingerprint density at radius 3 is 2.61 bits per heavy atom. The smallest absolute Gasteiger partial charge is 0.308 e. The minimum absolute atomic E-state index is 0.0338. The Morgan fingerprint density at radius 1 is 1.17 bits per heavy atom. The van der Waals surface area contributed by atoms with Crippen molar-refractivity contribution in [2.75, 3.05) is 6.61 Å². The van der Waals surface area contributed by atoms with Gasteiger partial charge in [-0.1, -0.05) is 13.8 Å². The third-order valence-corrected chi connectivity index (χ3v) is 8.53. The number of nitrogens with zero attached hydrogens (tertiary/aromatic N) is 1. The highest BCUT2D eigenvalue weighted by Crippen LogP contribution is 2.60. The molecule has 1 aromatic carbocycles. The lowest BCUT2D eigenvalue weighted by atomic mass is 9.58. The van der Waals surface area contributed by atoms with Crippen LogP contribution in [0.5, 0.6) is 0 Å². The second-order valence-electron chi connectivity index (χ2n) is 10.8. The Balaban J connectivity index is 1.43. The van der Waals surface area contributed by atoms with Gasteiger partial charge in [0.25, 0.3) is 5.69 Å². The van der Waals surface area contributed by atoms with Crippen LogP contribution in [0.2, 0.25) is 0 Å². The second-order valence-corrected chi connectivity index (χ2v) is 10.8. The number of carbonyl (C=O) groups excluding carboxylic acids is 1. The summed E-state index contributed by atoms with van der Waals surface area (Å²) < 4.78 is 24.5. The molecule has 5 fully saturated rings. The maximum atomic E-state index is 12.4. The van der Waals surface area contributed by atoms with Crippen molar-refractivity contribution in [1.29, 1.82) is 0 Å². The molecule has 1 aliphatic carbocycles. The van der Waals surface area contributed by atoms with E-state index in [4.69, 9.17) is 28.7 Å². The molecule has 2 bridgehead atoms. The first-order valence-electron chi connectivity index (χ1n) is 12.9. The number of nitro groups is 1. The molecule has 1 saturated carbocycles. The van der Waals surface area contributed by atoms with Crippen molar-refractivity contribution in [2.45, 2.75) is 89.9 Å². The molecular weight excluding hydrogens is 470 g/mol. The van der Waals surface area contributed by atoms with E-state index in [1.165, 1.54) is 12.1 Å². The lowest BCUT2D eigenvalue weighted by molar-refractivity contribution is -0.578. The van der Waals surface area contributed by atoms with Gasteiger partial charge in [-0.05, 0) is 62.6 Å². The van der Waals surface area contributed by atoms with Crippen LogP contribution in [-0.4, -0.2) is 41.5 Å². The maximum Gasteiger partial charge on any atom is 0.308 e. The van der Waals surface area contributed by atoms with Crippen molar-refractivity contribution in [3.8, 4) is 0 Å². The van der Waals surface area contributed by atoms with E-state index in [1.807, 2.05) is 6.92 Å². The van der Waals surface area contributed by atoms with Crippen molar-refractivity contribution in [3.05, 3.63) is 39.9 Å². The van der Waals surface area contributed by atoms with Crippen LogP contribution < -0.4 is 0 Å². The third-order valence-electron chi connectivity index (χ3n) is 8.53. The summed E-state index contributed by atoms with van der Waals surface area (Å²) in [5, 5.41) is 11.1. The summed E-state index contributed by atoms with van der Waals surface area (Å²) in [5.41, 5.74) is -0.111. The van der Waals surface area contributed by atoms with Crippen LogP contribution in [0.4, 0.5) is 5.69 Å². The first-order chi connectivity index (χ1) is 17.2. The van der Waals surface area contributed by atoms with E-state index < -0.39 is 41.0 Å². The van der Waals surface area contributed by atoms with Gasteiger partial charge in [0.1, 0.15) is 0 Å². The third kappa shape index (κ3) is 4.32. The zero-order valence-electron chi connectivity index (χ0n) is 21.2. The van der Waals surface area contributed by atoms with Gasteiger partial charge in [-0.2, -0.15) is 0 Å². The van der Waals surface area contributed by atoms with Crippen molar-refractivity contribution < 1.29 is 38.4 Å². The van der Waals surface area contributed by atoms with Gasteiger partial charge in [0, 0.05) is 30.4 Å². The number of benzene rings is 1. The molecule has 10 heteroatoms. The van der Waals surface area contributed by atoms with Gasteiger partial charge in [-0.3, -0.25) is 14.9 Å². The monoisotopic (exact) mass is 505 g/mol. The topological polar surface area (TPSA) is 116 Å². The Bertz CT molecular complexity index is 986. The first kappa shape index (κ1) is 25.5. The van der Waals surface area contributed by atoms with E-state index in [0.29, 0.717) is 17.9 Å². The fourth-order valence-electron chi connectivity index (χ4n) is 6.62. The molecule has 0 N–H and O–H groups in total. The molecule has 198 valence electrons. The zero-order chi connectivity index (χ0) is 25.7. The summed E-state index contributed by atoms with van der Waals surface area (Å²) in [6.45, 7) is 8.20. The molecular formula is C26H35NO9. The minimum Gasteiger partial charge on any atom is -0.466 e. The van der Waals surface area contributed by atoms with Crippen LogP contribution in [0.3, 0.4) is 0 Å². The SMILES string of the molecule is CCOC(=O)C[C@H](O[C@H]1O[C@@H]2O[C@]3(C)CC[C@H]4[C@H](C)CCC([C@H]1C)[C@@]24OO3)c1ccc([N+](=O)[O-])cc1. The van der Waals surface area contributed by atoms with Crippen LogP contribution >= 0.6 is 0 Å². The van der Waals surface area contributed by atoms with Gasteiger partial charge >= 0.3 is 5.97 Å². The largest absolute Gasteiger partial charge is 0.466 e. The van der Waals surface area contributed by atoms with Crippen LogP contribution in [0.1, 0.15) is 71.5 Å². The summed E-state index contributed by atoms with van der Waals surface area (Å²) in [5.74, 6) is -0.633. The quantitative estimate of drug-likeness (QED) is 0.223. The minimum atomic E-state index is -0.897. The highest BCUT2D eigenvalue weighted by molar-refractivity contribution is 5.70. The highest BCUT2D eigenvalue weighted by Gasteiger charge is 2.69.